The van der Waals surface area contributed by atoms with Gasteiger partial charge < -0.3 is 0 Å². The molecular formula is C23H24N5+. The Bertz CT molecular complexity index is 1020. The van der Waals surface area contributed by atoms with E-state index in [9.17, 15) is 0 Å². The van der Waals surface area contributed by atoms with Crippen LogP contribution in [0.4, 0.5) is 11.6 Å². The van der Waals surface area contributed by atoms with E-state index in [4.69, 9.17) is 0 Å². The van der Waals surface area contributed by atoms with Gasteiger partial charge in [-0.1, -0.05) is 67.1 Å². The van der Waals surface area contributed by atoms with Gasteiger partial charge in [0.25, 0.3) is 0 Å². The van der Waals surface area contributed by atoms with Crippen LogP contribution < -0.4 is 10.00 Å². The Morgan fingerprint density at radius 1 is 0.893 bits per heavy atom. The van der Waals surface area contributed by atoms with Gasteiger partial charge in [-0.05, 0) is 59.1 Å². The molecule has 1 heterocycles. The van der Waals surface area contributed by atoms with Gasteiger partial charge in [0.15, 0.2) is 0 Å². The SMILES string of the molecule is CCC(C)c1ccc(Nc2nn(-c3ccccc3)n[n+]2-c2ccccc2)cc1. The smallest absolute Gasteiger partial charge is 0.258 e. The van der Waals surface area contributed by atoms with E-state index in [-0.39, 0.29) is 0 Å². The van der Waals surface area contributed by atoms with Crippen LogP contribution in [0.2, 0.25) is 0 Å². The van der Waals surface area contributed by atoms with E-state index in [2.05, 4.69) is 53.7 Å². The topological polar surface area (TPSA) is 46.6 Å². The highest BCUT2D eigenvalue weighted by atomic mass is 15.6. The van der Waals surface area contributed by atoms with Gasteiger partial charge in [0.1, 0.15) is 11.4 Å². The second-order valence-electron chi connectivity index (χ2n) is 6.84. The third-order valence-electron chi connectivity index (χ3n) is 4.90. The van der Waals surface area contributed by atoms with Crippen LogP contribution in [0.15, 0.2) is 84.9 Å². The first-order valence-corrected chi connectivity index (χ1v) is 9.62. The summed E-state index contributed by atoms with van der Waals surface area (Å²) < 4.78 is 1.82. The number of benzene rings is 3. The third kappa shape index (κ3) is 3.78. The number of aromatic nitrogens is 4. The molecule has 5 nitrogen and oxygen atoms in total. The van der Waals surface area contributed by atoms with Crippen molar-refractivity contribution in [1.29, 1.82) is 0 Å². The predicted molar refractivity (Wildman–Crippen MR) is 111 cm³/mol. The maximum atomic E-state index is 4.68. The molecule has 1 aromatic heterocycles. The van der Waals surface area contributed by atoms with Crippen LogP contribution in [0.25, 0.3) is 11.4 Å². The molecule has 0 saturated carbocycles. The zero-order chi connectivity index (χ0) is 19.3. The summed E-state index contributed by atoms with van der Waals surface area (Å²) in [5, 5.41) is 12.8. The lowest BCUT2D eigenvalue weighted by atomic mass is 9.99. The number of hydrogen-bond acceptors (Lipinski definition) is 3. The molecule has 0 radical (unpaired) electrons. The van der Waals surface area contributed by atoms with Crippen LogP contribution in [-0.4, -0.2) is 15.1 Å². The molecule has 0 aliphatic heterocycles. The van der Waals surface area contributed by atoms with Gasteiger partial charge in [-0.25, -0.2) is 0 Å². The minimum atomic E-state index is 0.558. The molecule has 0 aliphatic rings. The maximum Gasteiger partial charge on any atom is 0.408 e. The summed E-state index contributed by atoms with van der Waals surface area (Å²) in [5.41, 5.74) is 4.18. The summed E-state index contributed by atoms with van der Waals surface area (Å²) in [4.78, 5) is 1.64. The molecule has 1 N–H and O–H groups in total. The number of rotatable bonds is 6. The van der Waals surface area contributed by atoms with Crippen molar-refractivity contribution in [3.05, 3.63) is 90.5 Å². The molecule has 0 fully saturated rings. The Morgan fingerprint density at radius 2 is 1.54 bits per heavy atom. The highest BCUT2D eigenvalue weighted by Gasteiger charge is 2.21. The molecule has 1 unspecified atom stereocenters. The number of nitrogens with zero attached hydrogens (tertiary/aromatic N) is 4. The average molecular weight is 370 g/mol. The van der Waals surface area contributed by atoms with Crippen LogP contribution in [0.3, 0.4) is 0 Å². The van der Waals surface area contributed by atoms with Gasteiger partial charge in [0.2, 0.25) is 0 Å². The Morgan fingerprint density at radius 3 is 2.18 bits per heavy atom. The molecule has 0 saturated heterocycles. The van der Waals surface area contributed by atoms with Crippen LogP contribution in [-0.2, 0) is 0 Å². The number of tetrazole rings is 1. The molecule has 0 aliphatic carbocycles. The fourth-order valence-electron chi connectivity index (χ4n) is 3.03. The molecule has 4 rings (SSSR count). The molecule has 3 aromatic carbocycles. The fraction of sp³-hybridized carbons (Fsp3) is 0.174. The highest BCUT2D eigenvalue weighted by Crippen LogP contribution is 2.21. The van der Waals surface area contributed by atoms with Crippen molar-refractivity contribution in [2.45, 2.75) is 26.2 Å². The first-order valence-electron chi connectivity index (χ1n) is 9.62. The quantitative estimate of drug-likeness (QED) is 0.496. The molecule has 0 bridgehead atoms. The Balaban J connectivity index is 1.70. The Kier molecular flexibility index (Phi) is 5.15. The largest absolute Gasteiger partial charge is 0.408 e. The monoisotopic (exact) mass is 370 g/mol. The number of hydrogen-bond donors (Lipinski definition) is 1. The van der Waals surface area contributed by atoms with E-state index in [1.807, 2.05) is 65.3 Å². The normalized spacial score (nSPS) is 11.9. The second kappa shape index (κ2) is 8.05. The van der Waals surface area contributed by atoms with Crippen molar-refractivity contribution in [2.75, 3.05) is 5.32 Å². The summed E-state index contributed by atoms with van der Waals surface area (Å²) in [6.45, 7) is 4.46. The zero-order valence-corrected chi connectivity index (χ0v) is 16.2. The van der Waals surface area contributed by atoms with E-state index >= 15 is 0 Å². The van der Waals surface area contributed by atoms with E-state index in [0.717, 1.165) is 23.5 Å². The number of para-hydroxylation sites is 2. The van der Waals surface area contributed by atoms with Gasteiger partial charge in [0.05, 0.1) is 10.8 Å². The van der Waals surface area contributed by atoms with Gasteiger partial charge in [-0.15, -0.1) is 0 Å². The number of nitrogens with one attached hydrogen (secondary N) is 1. The van der Waals surface area contributed by atoms with Gasteiger partial charge in [-0.2, -0.15) is 0 Å². The summed E-state index contributed by atoms with van der Waals surface area (Å²) in [7, 11) is 0. The molecule has 0 spiro atoms. The van der Waals surface area contributed by atoms with Crippen LogP contribution in [0, 0.1) is 0 Å². The minimum Gasteiger partial charge on any atom is -0.258 e. The summed E-state index contributed by atoms with van der Waals surface area (Å²) in [5.74, 6) is 1.22. The minimum absolute atomic E-state index is 0.558. The van der Waals surface area contributed by atoms with Crippen LogP contribution >= 0.6 is 0 Å². The van der Waals surface area contributed by atoms with E-state index in [1.54, 1.807) is 4.80 Å². The fourth-order valence-corrected chi connectivity index (χ4v) is 3.03. The highest BCUT2D eigenvalue weighted by molar-refractivity contribution is 5.52. The van der Waals surface area contributed by atoms with Crippen LogP contribution in [0.1, 0.15) is 31.7 Å². The maximum absolute atomic E-state index is 4.68. The first kappa shape index (κ1) is 17.9. The molecule has 1 atom stereocenters. The second-order valence-corrected chi connectivity index (χ2v) is 6.84. The summed E-state index contributed by atoms with van der Waals surface area (Å²) in [6.07, 6.45) is 1.13. The number of anilines is 2. The summed E-state index contributed by atoms with van der Waals surface area (Å²) in [6, 6.07) is 28.5. The van der Waals surface area contributed by atoms with E-state index in [1.165, 1.54) is 5.56 Å². The molecular weight excluding hydrogens is 346 g/mol. The van der Waals surface area contributed by atoms with E-state index < -0.39 is 0 Å². The molecule has 140 valence electrons. The van der Waals surface area contributed by atoms with Gasteiger partial charge in [-0.3, -0.25) is 5.32 Å². The standard InChI is InChI=1S/C23H24N5/c1-3-18(2)19-14-16-20(17-15-19)24-23-25-28(22-12-8-5-9-13-22)26-27(23)21-10-6-4-7-11-21/h4-18H,3H2,1-2H3,(H,24,25,26)/q+1. The van der Waals surface area contributed by atoms with Crippen molar-refractivity contribution in [2.24, 2.45) is 0 Å². The predicted octanol–water partition coefficient (Wildman–Crippen LogP) is 4.80. The lowest BCUT2D eigenvalue weighted by Crippen LogP contribution is -2.36. The van der Waals surface area contributed by atoms with Crippen LogP contribution in [0.5, 0.6) is 0 Å². The molecule has 4 aromatic rings. The third-order valence-corrected chi connectivity index (χ3v) is 4.90. The van der Waals surface area contributed by atoms with Gasteiger partial charge >= 0.3 is 5.95 Å². The molecule has 28 heavy (non-hydrogen) atoms. The van der Waals surface area contributed by atoms with Crippen molar-refractivity contribution >= 4 is 11.6 Å². The van der Waals surface area contributed by atoms with Gasteiger partial charge in [0, 0.05) is 5.21 Å². The first-order chi connectivity index (χ1) is 13.7. The van der Waals surface area contributed by atoms with Crippen molar-refractivity contribution in [1.82, 2.24) is 15.1 Å². The molecule has 0 amide bonds. The van der Waals surface area contributed by atoms with Crippen molar-refractivity contribution in [3.63, 3.8) is 0 Å². The average Bonchev–Trinajstić information content (AvgIpc) is 3.19. The lowest BCUT2D eigenvalue weighted by Gasteiger charge is -2.09. The van der Waals surface area contributed by atoms with E-state index in [0.29, 0.717) is 11.9 Å². The molecule has 5 heteroatoms. The zero-order valence-electron chi connectivity index (χ0n) is 16.2. The van der Waals surface area contributed by atoms with Crippen molar-refractivity contribution < 1.29 is 4.68 Å². The van der Waals surface area contributed by atoms with Crippen molar-refractivity contribution in [3.8, 4) is 11.4 Å². The Hall–Kier alpha value is -3.47. The Labute approximate surface area is 165 Å². The lowest BCUT2D eigenvalue weighted by molar-refractivity contribution is -0.647. The summed E-state index contributed by atoms with van der Waals surface area (Å²) >= 11 is 0.